The fourth-order valence-corrected chi connectivity index (χ4v) is 4.08. The second kappa shape index (κ2) is 5.81. The van der Waals surface area contributed by atoms with Gasteiger partial charge < -0.3 is 19.7 Å². The third-order valence-electron chi connectivity index (χ3n) is 5.07. The van der Waals surface area contributed by atoms with Gasteiger partial charge in [-0.3, -0.25) is 9.59 Å². The summed E-state index contributed by atoms with van der Waals surface area (Å²) in [6.07, 6.45) is 0.519. The number of carbonyl (C=O) groups excluding carboxylic acids is 3. The highest BCUT2D eigenvalue weighted by Gasteiger charge is 2.49. The molecule has 1 aromatic rings. The van der Waals surface area contributed by atoms with Crippen molar-refractivity contribution in [3.63, 3.8) is 0 Å². The summed E-state index contributed by atoms with van der Waals surface area (Å²) < 4.78 is 9.56. The molecule has 2 aliphatic carbocycles. The van der Waals surface area contributed by atoms with Gasteiger partial charge in [0.1, 0.15) is 22.8 Å². The highest BCUT2D eigenvalue weighted by Crippen LogP contribution is 2.53. The van der Waals surface area contributed by atoms with Crippen molar-refractivity contribution in [1.29, 1.82) is 0 Å². The lowest BCUT2D eigenvalue weighted by Gasteiger charge is -2.35. The van der Waals surface area contributed by atoms with Gasteiger partial charge in [-0.25, -0.2) is 4.79 Å². The molecule has 0 spiro atoms. The summed E-state index contributed by atoms with van der Waals surface area (Å²) in [7, 11) is 2.45. The van der Waals surface area contributed by atoms with E-state index in [1.54, 1.807) is 0 Å². The summed E-state index contributed by atoms with van der Waals surface area (Å²) in [5, 5.41) is 20.4. The van der Waals surface area contributed by atoms with E-state index in [0.29, 0.717) is 11.1 Å². The number of carbonyl (C=O) groups is 3. The normalized spacial score (nSPS) is 24.9. The monoisotopic (exact) mass is 334 g/mol. The Morgan fingerprint density at radius 3 is 2.42 bits per heavy atom. The summed E-state index contributed by atoms with van der Waals surface area (Å²) >= 11 is 0. The van der Waals surface area contributed by atoms with Crippen LogP contribution < -0.4 is 0 Å². The van der Waals surface area contributed by atoms with Crippen molar-refractivity contribution >= 4 is 17.7 Å². The number of fused-ring (bicyclic) bond motifs is 3. The van der Waals surface area contributed by atoms with E-state index in [2.05, 4.69) is 0 Å². The number of rotatable bonds is 2. The summed E-state index contributed by atoms with van der Waals surface area (Å²) in [4.78, 5) is 36.2. The molecule has 2 aliphatic rings. The van der Waals surface area contributed by atoms with Crippen LogP contribution in [-0.2, 0) is 25.5 Å². The molecule has 1 fully saturated rings. The van der Waals surface area contributed by atoms with Crippen LogP contribution in [0.25, 0.3) is 0 Å². The fraction of sp³-hybridized carbons (Fsp3) is 0.471. The van der Waals surface area contributed by atoms with E-state index in [9.17, 15) is 24.6 Å². The van der Waals surface area contributed by atoms with Gasteiger partial charge >= 0.3 is 11.9 Å². The van der Waals surface area contributed by atoms with Crippen LogP contribution in [0.15, 0.2) is 6.07 Å². The first-order valence-electron chi connectivity index (χ1n) is 7.64. The van der Waals surface area contributed by atoms with Gasteiger partial charge in [-0.05, 0) is 23.8 Å². The SMILES string of the molecule is COC(=O)c1c(O)cc(O)c2c1CC(C(=O)OC)C1CC(=O)CC21. The first-order valence-corrected chi connectivity index (χ1v) is 7.64. The van der Waals surface area contributed by atoms with Crippen LogP contribution in [-0.4, -0.2) is 42.2 Å². The second-order valence-corrected chi connectivity index (χ2v) is 6.22. The Balaban J connectivity index is 2.22. The first kappa shape index (κ1) is 16.3. The Hall–Kier alpha value is -2.57. The molecule has 24 heavy (non-hydrogen) atoms. The summed E-state index contributed by atoms with van der Waals surface area (Å²) in [5.41, 5.74) is 0.729. The van der Waals surface area contributed by atoms with E-state index in [1.807, 2.05) is 0 Å². The molecule has 7 nitrogen and oxygen atoms in total. The van der Waals surface area contributed by atoms with E-state index >= 15 is 0 Å². The quantitative estimate of drug-likeness (QED) is 0.784. The maximum Gasteiger partial charge on any atom is 0.341 e. The molecule has 0 saturated heterocycles. The molecule has 0 aliphatic heterocycles. The van der Waals surface area contributed by atoms with Crippen LogP contribution in [0.2, 0.25) is 0 Å². The van der Waals surface area contributed by atoms with Crippen LogP contribution >= 0.6 is 0 Å². The van der Waals surface area contributed by atoms with Gasteiger partial charge in [0.25, 0.3) is 0 Å². The van der Waals surface area contributed by atoms with Crippen molar-refractivity contribution in [2.75, 3.05) is 14.2 Å². The Kier molecular flexibility index (Phi) is 3.95. The molecule has 0 amide bonds. The molecular formula is C17H18O7. The number of ether oxygens (including phenoxy) is 2. The first-order chi connectivity index (χ1) is 11.4. The molecule has 1 aromatic carbocycles. The van der Waals surface area contributed by atoms with Crippen LogP contribution in [0.3, 0.4) is 0 Å². The van der Waals surface area contributed by atoms with Gasteiger partial charge in [0.05, 0.1) is 20.1 Å². The van der Waals surface area contributed by atoms with Crippen LogP contribution in [0, 0.1) is 11.8 Å². The summed E-state index contributed by atoms with van der Waals surface area (Å²) in [6.45, 7) is 0. The molecule has 128 valence electrons. The van der Waals surface area contributed by atoms with Gasteiger partial charge in [0, 0.05) is 24.5 Å². The maximum atomic E-state index is 12.2. The van der Waals surface area contributed by atoms with E-state index in [1.165, 1.54) is 14.2 Å². The van der Waals surface area contributed by atoms with Crippen molar-refractivity contribution in [1.82, 2.24) is 0 Å². The van der Waals surface area contributed by atoms with E-state index < -0.39 is 23.6 Å². The molecule has 0 aromatic heterocycles. The molecule has 2 N–H and O–H groups in total. The van der Waals surface area contributed by atoms with E-state index in [0.717, 1.165) is 6.07 Å². The fourth-order valence-electron chi connectivity index (χ4n) is 4.08. The standard InChI is InChI=1S/C17H18O7/c1-23-16(21)10-5-11-14(9-4-7(18)3-8(9)10)12(19)6-13(20)15(11)17(22)24-2/h6,8-10,19-20H,3-5H2,1-2H3. The van der Waals surface area contributed by atoms with E-state index in [-0.39, 0.29) is 48.2 Å². The number of benzene rings is 1. The average Bonchev–Trinajstić information content (AvgIpc) is 2.93. The van der Waals surface area contributed by atoms with Crippen LogP contribution in [0.4, 0.5) is 0 Å². The Labute approximate surface area is 138 Å². The zero-order valence-corrected chi connectivity index (χ0v) is 13.4. The molecule has 0 heterocycles. The minimum atomic E-state index is -0.755. The van der Waals surface area contributed by atoms with Gasteiger partial charge in [-0.1, -0.05) is 0 Å². The van der Waals surface area contributed by atoms with Gasteiger partial charge in [0.2, 0.25) is 0 Å². The number of phenols is 2. The number of methoxy groups -OCH3 is 2. The maximum absolute atomic E-state index is 12.2. The van der Waals surface area contributed by atoms with Gasteiger partial charge in [-0.2, -0.15) is 0 Å². The smallest absolute Gasteiger partial charge is 0.341 e. The predicted molar refractivity (Wildman–Crippen MR) is 80.8 cm³/mol. The minimum absolute atomic E-state index is 0.00107. The molecule has 0 bridgehead atoms. The molecular weight excluding hydrogens is 316 g/mol. The van der Waals surface area contributed by atoms with Crippen molar-refractivity contribution in [3.8, 4) is 11.5 Å². The van der Waals surface area contributed by atoms with Crippen LogP contribution in [0.5, 0.6) is 11.5 Å². The number of aromatic hydroxyl groups is 2. The number of esters is 2. The number of phenolic OH excluding ortho intramolecular Hbond substituents is 2. The lowest BCUT2D eigenvalue weighted by atomic mass is 9.69. The highest BCUT2D eigenvalue weighted by molar-refractivity contribution is 5.96. The van der Waals surface area contributed by atoms with Crippen LogP contribution in [0.1, 0.15) is 40.2 Å². The third kappa shape index (κ3) is 2.31. The lowest BCUT2D eigenvalue weighted by Crippen LogP contribution is -2.34. The number of hydrogen-bond acceptors (Lipinski definition) is 7. The average molecular weight is 334 g/mol. The summed E-state index contributed by atoms with van der Waals surface area (Å²) in [5.74, 6) is -3.08. The number of ketones is 1. The van der Waals surface area contributed by atoms with Crippen molar-refractivity contribution < 1.29 is 34.1 Å². The highest BCUT2D eigenvalue weighted by atomic mass is 16.5. The largest absolute Gasteiger partial charge is 0.508 e. The molecule has 3 rings (SSSR count). The van der Waals surface area contributed by atoms with Gasteiger partial charge in [0.15, 0.2) is 0 Å². The number of Topliss-reactive ketones (excluding diaryl/α,β-unsaturated/α-hetero) is 1. The van der Waals surface area contributed by atoms with Gasteiger partial charge in [-0.15, -0.1) is 0 Å². The number of hydrogen-bond donors (Lipinski definition) is 2. The van der Waals surface area contributed by atoms with E-state index in [4.69, 9.17) is 9.47 Å². The molecule has 1 saturated carbocycles. The molecule has 3 unspecified atom stereocenters. The minimum Gasteiger partial charge on any atom is -0.508 e. The third-order valence-corrected chi connectivity index (χ3v) is 5.07. The lowest BCUT2D eigenvalue weighted by molar-refractivity contribution is -0.147. The zero-order valence-electron chi connectivity index (χ0n) is 13.4. The Morgan fingerprint density at radius 1 is 1.08 bits per heavy atom. The molecule has 7 heteroatoms. The Morgan fingerprint density at radius 2 is 1.79 bits per heavy atom. The predicted octanol–water partition coefficient (Wildman–Crippen LogP) is 1.29. The topological polar surface area (TPSA) is 110 Å². The van der Waals surface area contributed by atoms with Crippen molar-refractivity contribution in [2.45, 2.75) is 25.2 Å². The zero-order chi connectivity index (χ0) is 17.6. The molecule has 0 radical (unpaired) electrons. The second-order valence-electron chi connectivity index (χ2n) is 6.22. The molecule has 3 atom stereocenters. The Bertz CT molecular complexity index is 737. The van der Waals surface area contributed by atoms with Crippen molar-refractivity contribution in [2.24, 2.45) is 11.8 Å². The van der Waals surface area contributed by atoms with Crippen molar-refractivity contribution in [3.05, 3.63) is 22.8 Å². The summed E-state index contributed by atoms with van der Waals surface area (Å²) in [6, 6.07) is 1.09.